The SMILES string of the molecule is CCC(C)C(N)C(=O)N[C@H](C)c1ccccc1OC. The second-order valence-electron chi connectivity index (χ2n) is 4.88. The van der Waals surface area contributed by atoms with Gasteiger partial charge in [-0.1, -0.05) is 38.5 Å². The summed E-state index contributed by atoms with van der Waals surface area (Å²) in [7, 11) is 1.62. The lowest BCUT2D eigenvalue weighted by Crippen LogP contribution is -2.45. The number of amides is 1. The highest BCUT2D eigenvalue weighted by atomic mass is 16.5. The number of carbonyl (C=O) groups excluding carboxylic acids is 1. The monoisotopic (exact) mass is 264 g/mol. The molecule has 19 heavy (non-hydrogen) atoms. The average molecular weight is 264 g/mol. The second-order valence-corrected chi connectivity index (χ2v) is 4.88. The van der Waals surface area contributed by atoms with Crippen LogP contribution >= 0.6 is 0 Å². The second kappa shape index (κ2) is 7.14. The van der Waals surface area contributed by atoms with Crippen molar-refractivity contribution in [1.29, 1.82) is 0 Å². The summed E-state index contributed by atoms with van der Waals surface area (Å²) in [6.07, 6.45) is 0.887. The van der Waals surface area contributed by atoms with E-state index in [0.29, 0.717) is 0 Å². The molecule has 1 aromatic rings. The van der Waals surface area contributed by atoms with Crippen molar-refractivity contribution in [3.8, 4) is 5.75 Å². The van der Waals surface area contributed by atoms with Crippen LogP contribution in [0.2, 0.25) is 0 Å². The molecule has 0 aromatic heterocycles. The Bertz CT molecular complexity index is 420. The lowest BCUT2D eigenvalue weighted by atomic mass is 9.98. The molecule has 3 atom stereocenters. The molecule has 0 saturated carbocycles. The van der Waals surface area contributed by atoms with Gasteiger partial charge in [0.2, 0.25) is 5.91 Å². The van der Waals surface area contributed by atoms with Gasteiger partial charge in [-0.05, 0) is 18.9 Å². The van der Waals surface area contributed by atoms with Crippen LogP contribution in [-0.2, 0) is 4.79 Å². The molecular weight excluding hydrogens is 240 g/mol. The van der Waals surface area contributed by atoms with Gasteiger partial charge >= 0.3 is 0 Å². The minimum Gasteiger partial charge on any atom is -0.496 e. The number of nitrogens with one attached hydrogen (secondary N) is 1. The van der Waals surface area contributed by atoms with Gasteiger partial charge in [-0.3, -0.25) is 4.79 Å². The summed E-state index contributed by atoms with van der Waals surface area (Å²) in [5, 5.41) is 2.94. The quantitative estimate of drug-likeness (QED) is 0.828. The van der Waals surface area contributed by atoms with Crippen LogP contribution in [0.5, 0.6) is 5.75 Å². The van der Waals surface area contributed by atoms with Gasteiger partial charge in [-0.25, -0.2) is 0 Å². The van der Waals surface area contributed by atoms with Crippen molar-refractivity contribution >= 4 is 5.91 Å². The van der Waals surface area contributed by atoms with Gasteiger partial charge in [0, 0.05) is 5.56 Å². The molecule has 1 rings (SSSR count). The number of nitrogens with two attached hydrogens (primary N) is 1. The number of ether oxygens (including phenoxy) is 1. The summed E-state index contributed by atoms with van der Waals surface area (Å²) < 4.78 is 5.29. The minimum absolute atomic E-state index is 0.118. The molecule has 0 heterocycles. The van der Waals surface area contributed by atoms with Gasteiger partial charge in [0.25, 0.3) is 0 Å². The van der Waals surface area contributed by atoms with E-state index >= 15 is 0 Å². The zero-order valence-electron chi connectivity index (χ0n) is 12.1. The Morgan fingerprint density at radius 2 is 2.00 bits per heavy atom. The highest BCUT2D eigenvalue weighted by molar-refractivity contribution is 5.82. The van der Waals surface area contributed by atoms with Gasteiger partial charge in [0.05, 0.1) is 19.2 Å². The van der Waals surface area contributed by atoms with E-state index in [9.17, 15) is 4.79 Å². The first kappa shape index (κ1) is 15.5. The molecule has 0 bridgehead atoms. The van der Waals surface area contributed by atoms with Crippen molar-refractivity contribution in [1.82, 2.24) is 5.32 Å². The van der Waals surface area contributed by atoms with Gasteiger partial charge in [-0.2, -0.15) is 0 Å². The van der Waals surface area contributed by atoms with E-state index in [1.54, 1.807) is 7.11 Å². The van der Waals surface area contributed by atoms with Crippen LogP contribution in [0.4, 0.5) is 0 Å². The standard InChI is InChI=1S/C15H24N2O2/c1-5-10(2)14(16)15(18)17-11(3)12-8-6-7-9-13(12)19-4/h6-11,14H,5,16H2,1-4H3,(H,17,18)/t10?,11-,14?/m1/s1. The lowest BCUT2D eigenvalue weighted by Gasteiger charge is -2.22. The van der Waals surface area contributed by atoms with Crippen LogP contribution in [0.15, 0.2) is 24.3 Å². The van der Waals surface area contributed by atoms with E-state index < -0.39 is 6.04 Å². The van der Waals surface area contributed by atoms with Crippen LogP contribution in [0.1, 0.15) is 38.8 Å². The lowest BCUT2D eigenvalue weighted by molar-refractivity contribution is -0.124. The van der Waals surface area contributed by atoms with Crippen molar-refractivity contribution in [2.24, 2.45) is 11.7 Å². The third-order valence-electron chi connectivity index (χ3n) is 3.52. The third-order valence-corrected chi connectivity index (χ3v) is 3.52. The maximum Gasteiger partial charge on any atom is 0.237 e. The molecule has 106 valence electrons. The first-order valence-corrected chi connectivity index (χ1v) is 6.70. The predicted octanol–water partition coefficient (Wildman–Crippen LogP) is 2.25. The normalized spacial score (nSPS) is 15.4. The van der Waals surface area contributed by atoms with Gasteiger partial charge in [-0.15, -0.1) is 0 Å². The molecule has 4 nitrogen and oxygen atoms in total. The largest absolute Gasteiger partial charge is 0.496 e. The van der Waals surface area contributed by atoms with Crippen molar-refractivity contribution in [2.75, 3.05) is 7.11 Å². The van der Waals surface area contributed by atoms with Crippen molar-refractivity contribution < 1.29 is 9.53 Å². The molecule has 0 spiro atoms. The number of benzene rings is 1. The fraction of sp³-hybridized carbons (Fsp3) is 0.533. The fourth-order valence-electron chi connectivity index (χ4n) is 1.92. The van der Waals surface area contributed by atoms with E-state index in [-0.39, 0.29) is 17.9 Å². The number of rotatable bonds is 6. The molecule has 1 aromatic carbocycles. The van der Waals surface area contributed by atoms with Gasteiger partial charge in [0.1, 0.15) is 5.75 Å². The van der Waals surface area contributed by atoms with Crippen molar-refractivity contribution in [3.63, 3.8) is 0 Å². The van der Waals surface area contributed by atoms with Crippen LogP contribution in [0, 0.1) is 5.92 Å². The predicted molar refractivity (Wildman–Crippen MR) is 77.0 cm³/mol. The topological polar surface area (TPSA) is 64.4 Å². The van der Waals surface area contributed by atoms with Crippen molar-refractivity contribution in [3.05, 3.63) is 29.8 Å². The summed E-state index contributed by atoms with van der Waals surface area (Å²) in [6, 6.07) is 7.06. The molecule has 4 heteroatoms. The molecule has 0 aliphatic heterocycles. The first-order valence-electron chi connectivity index (χ1n) is 6.70. The summed E-state index contributed by atoms with van der Waals surface area (Å²) in [4.78, 5) is 12.0. The van der Waals surface area contributed by atoms with E-state index in [2.05, 4.69) is 5.32 Å². The summed E-state index contributed by atoms with van der Waals surface area (Å²) in [6.45, 7) is 5.94. The molecule has 2 unspecified atom stereocenters. The van der Waals surface area contributed by atoms with Crippen LogP contribution in [0.3, 0.4) is 0 Å². The van der Waals surface area contributed by atoms with E-state index in [4.69, 9.17) is 10.5 Å². The molecule has 0 radical (unpaired) electrons. The Kier molecular flexibility index (Phi) is 5.83. The Balaban J connectivity index is 2.74. The maximum absolute atomic E-state index is 12.0. The zero-order valence-corrected chi connectivity index (χ0v) is 12.1. The Labute approximate surface area is 115 Å². The van der Waals surface area contributed by atoms with Crippen LogP contribution in [0.25, 0.3) is 0 Å². The average Bonchev–Trinajstić information content (AvgIpc) is 2.45. The highest BCUT2D eigenvalue weighted by Gasteiger charge is 2.22. The number of hydrogen-bond donors (Lipinski definition) is 2. The first-order chi connectivity index (χ1) is 9.01. The van der Waals surface area contributed by atoms with Gasteiger partial charge < -0.3 is 15.8 Å². The molecular formula is C15H24N2O2. The van der Waals surface area contributed by atoms with E-state index in [1.165, 1.54) is 0 Å². The highest BCUT2D eigenvalue weighted by Crippen LogP contribution is 2.24. The number of para-hydroxylation sites is 1. The third kappa shape index (κ3) is 3.96. The summed E-state index contributed by atoms with van der Waals surface area (Å²) in [5.74, 6) is 0.824. The molecule has 0 fully saturated rings. The molecule has 0 aliphatic carbocycles. The minimum atomic E-state index is -0.470. The maximum atomic E-state index is 12.0. The molecule has 0 aliphatic rings. The fourth-order valence-corrected chi connectivity index (χ4v) is 1.92. The van der Waals surface area contributed by atoms with E-state index in [0.717, 1.165) is 17.7 Å². The molecule has 3 N–H and O–H groups in total. The smallest absolute Gasteiger partial charge is 0.237 e. The Morgan fingerprint density at radius 3 is 2.58 bits per heavy atom. The van der Waals surface area contributed by atoms with Crippen LogP contribution in [-0.4, -0.2) is 19.1 Å². The number of hydrogen-bond acceptors (Lipinski definition) is 3. The molecule has 1 amide bonds. The summed E-state index contributed by atoms with van der Waals surface area (Å²) in [5.41, 5.74) is 6.88. The van der Waals surface area contributed by atoms with Crippen molar-refractivity contribution in [2.45, 2.75) is 39.3 Å². The van der Waals surface area contributed by atoms with Gasteiger partial charge in [0.15, 0.2) is 0 Å². The summed E-state index contributed by atoms with van der Waals surface area (Å²) >= 11 is 0. The molecule has 0 saturated heterocycles. The zero-order chi connectivity index (χ0) is 14.4. The number of methoxy groups -OCH3 is 1. The number of carbonyl (C=O) groups is 1. The van der Waals surface area contributed by atoms with E-state index in [1.807, 2.05) is 45.0 Å². The van der Waals surface area contributed by atoms with Crippen LogP contribution < -0.4 is 15.8 Å². The Morgan fingerprint density at radius 1 is 1.37 bits per heavy atom. The Hall–Kier alpha value is -1.55.